The molecule has 1 atom stereocenters. The topological polar surface area (TPSA) is 38.3 Å². The molecule has 2 aromatic rings. The van der Waals surface area contributed by atoms with Crippen molar-refractivity contribution in [3.63, 3.8) is 0 Å². The summed E-state index contributed by atoms with van der Waals surface area (Å²) in [5, 5.41) is 2.99. The van der Waals surface area contributed by atoms with Gasteiger partial charge in [0.25, 0.3) is 5.91 Å². The van der Waals surface area contributed by atoms with Gasteiger partial charge in [0.1, 0.15) is 5.75 Å². The third-order valence-electron chi connectivity index (χ3n) is 4.22. The predicted molar refractivity (Wildman–Crippen MR) is 103 cm³/mol. The highest BCUT2D eigenvalue weighted by molar-refractivity contribution is 5.78. The molecule has 0 aliphatic carbocycles. The number of rotatable bonds is 5. The molecule has 0 bridgehead atoms. The van der Waals surface area contributed by atoms with Crippen LogP contribution in [-0.4, -0.2) is 12.5 Å². The van der Waals surface area contributed by atoms with Gasteiger partial charge in [-0.15, -0.1) is 0 Å². The number of hydrogen-bond donors (Lipinski definition) is 1. The smallest absolute Gasteiger partial charge is 0.258 e. The summed E-state index contributed by atoms with van der Waals surface area (Å²) in [6.07, 6.45) is 0. The quantitative estimate of drug-likeness (QED) is 0.845. The lowest BCUT2D eigenvalue weighted by molar-refractivity contribution is -0.123. The van der Waals surface area contributed by atoms with E-state index >= 15 is 0 Å². The number of aryl methyl sites for hydroxylation is 2. The van der Waals surface area contributed by atoms with Crippen LogP contribution in [0.1, 0.15) is 56.0 Å². The zero-order valence-corrected chi connectivity index (χ0v) is 16.1. The van der Waals surface area contributed by atoms with Crippen LogP contribution in [-0.2, 0) is 10.2 Å². The monoisotopic (exact) mass is 339 g/mol. The summed E-state index contributed by atoms with van der Waals surface area (Å²) in [6.45, 7) is 12.6. The van der Waals surface area contributed by atoms with Crippen LogP contribution in [0.4, 0.5) is 0 Å². The molecule has 0 aliphatic heterocycles. The molecular weight excluding hydrogens is 310 g/mol. The molecule has 3 heteroatoms. The summed E-state index contributed by atoms with van der Waals surface area (Å²) in [4.78, 5) is 12.2. The molecule has 0 radical (unpaired) electrons. The van der Waals surface area contributed by atoms with Crippen molar-refractivity contribution in [2.24, 2.45) is 0 Å². The molecule has 0 aliphatic rings. The normalized spacial score (nSPS) is 12.6. The van der Waals surface area contributed by atoms with E-state index < -0.39 is 0 Å². The third kappa shape index (κ3) is 5.63. The Labute approximate surface area is 151 Å². The fraction of sp³-hybridized carbons (Fsp3) is 0.409. The Bertz CT molecular complexity index is 706. The van der Waals surface area contributed by atoms with Crippen molar-refractivity contribution < 1.29 is 9.53 Å². The van der Waals surface area contributed by atoms with Gasteiger partial charge in [0.2, 0.25) is 0 Å². The lowest BCUT2D eigenvalue weighted by Gasteiger charge is -2.20. The Kier molecular flexibility index (Phi) is 5.89. The lowest BCUT2D eigenvalue weighted by atomic mass is 9.86. The molecule has 1 N–H and O–H groups in total. The van der Waals surface area contributed by atoms with Gasteiger partial charge in [-0.05, 0) is 60.6 Å². The molecule has 0 heterocycles. The van der Waals surface area contributed by atoms with Crippen LogP contribution in [0.3, 0.4) is 0 Å². The maximum atomic E-state index is 12.2. The highest BCUT2D eigenvalue weighted by Gasteiger charge is 2.15. The summed E-state index contributed by atoms with van der Waals surface area (Å²) < 4.78 is 5.62. The van der Waals surface area contributed by atoms with Gasteiger partial charge < -0.3 is 10.1 Å². The van der Waals surface area contributed by atoms with Gasteiger partial charge in [-0.3, -0.25) is 4.79 Å². The van der Waals surface area contributed by atoms with Crippen LogP contribution in [0.15, 0.2) is 42.5 Å². The average Bonchev–Trinajstić information content (AvgIpc) is 2.51. The van der Waals surface area contributed by atoms with Crippen LogP contribution >= 0.6 is 0 Å². The van der Waals surface area contributed by atoms with Crippen LogP contribution in [0.2, 0.25) is 0 Å². The van der Waals surface area contributed by atoms with Crippen molar-refractivity contribution >= 4 is 5.91 Å². The summed E-state index contributed by atoms with van der Waals surface area (Å²) in [5.41, 5.74) is 4.76. The molecule has 134 valence electrons. The fourth-order valence-electron chi connectivity index (χ4n) is 2.80. The molecule has 0 spiro atoms. The zero-order valence-electron chi connectivity index (χ0n) is 16.1. The second-order valence-corrected chi connectivity index (χ2v) is 7.77. The van der Waals surface area contributed by atoms with Crippen LogP contribution in [0, 0.1) is 13.8 Å². The van der Waals surface area contributed by atoms with Gasteiger partial charge in [0, 0.05) is 0 Å². The fourth-order valence-corrected chi connectivity index (χ4v) is 2.80. The Morgan fingerprint density at radius 3 is 2.12 bits per heavy atom. The van der Waals surface area contributed by atoms with Crippen molar-refractivity contribution in [2.45, 2.75) is 53.0 Å². The van der Waals surface area contributed by atoms with E-state index in [4.69, 9.17) is 4.74 Å². The summed E-state index contributed by atoms with van der Waals surface area (Å²) in [6, 6.07) is 14.3. The minimum Gasteiger partial charge on any atom is -0.484 e. The molecule has 0 fully saturated rings. The maximum absolute atomic E-state index is 12.2. The van der Waals surface area contributed by atoms with Crippen LogP contribution in [0.5, 0.6) is 5.75 Å². The zero-order chi connectivity index (χ0) is 18.6. The average molecular weight is 339 g/mol. The Morgan fingerprint density at radius 2 is 1.60 bits per heavy atom. The second-order valence-electron chi connectivity index (χ2n) is 7.77. The highest BCUT2D eigenvalue weighted by Crippen LogP contribution is 2.24. The SMILES string of the molecule is Cc1cc(C)cc(OCC(=O)N[C@@H](C)c2ccc(C(C)(C)C)cc2)c1. The standard InChI is InChI=1S/C22H29NO2/c1-15-11-16(2)13-20(12-15)25-14-21(24)23-17(3)18-7-9-19(10-8-18)22(4,5)6/h7-13,17H,14H2,1-6H3,(H,23,24)/t17-/m0/s1. The largest absolute Gasteiger partial charge is 0.484 e. The first kappa shape index (κ1) is 19.0. The number of ether oxygens (including phenoxy) is 1. The first-order chi connectivity index (χ1) is 11.6. The maximum Gasteiger partial charge on any atom is 0.258 e. The molecule has 0 saturated carbocycles. The molecule has 0 aromatic heterocycles. The number of benzene rings is 2. The van der Waals surface area contributed by atoms with E-state index in [2.05, 4.69) is 56.4 Å². The van der Waals surface area contributed by atoms with Gasteiger partial charge in [0.05, 0.1) is 6.04 Å². The molecule has 0 saturated heterocycles. The minimum atomic E-state index is -0.119. The van der Waals surface area contributed by atoms with Crippen molar-refractivity contribution in [3.05, 3.63) is 64.7 Å². The Balaban J connectivity index is 1.91. The Hall–Kier alpha value is -2.29. The number of carbonyl (C=O) groups is 1. The van der Waals surface area contributed by atoms with Crippen molar-refractivity contribution in [1.29, 1.82) is 0 Å². The molecule has 0 unspecified atom stereocenters. The second kappa shape index (κ2) is 7.73. The van der Waals surface area contributed by atoms with E-state index in [0.29, 0.717) is 0 Å². The number of nitrogens with one attached hydrogen (secondary N) is 1. The molecule has 2 aromatic carbocycles. The van der Waals surface area contributed by atoms with E-state index in [1.165, 1.54) is 5.56 Å². The number of carbonyl (C=O) groups excluding carboxylic acids is 1. The van der Waals surface area contributed by atoms with E-state index in [0.717, 1.165) is 22.4 Å². The van der Waals surface area contributed by atoms with Crippen LogP contribution in [0.25, 0.3) is 0 Å². The van der Waals surface area contributed by atoms with Gasteiger partial charge >= 0.3 is 0 Å². The third-order valence-corrected chi connectivity index (χ3v) is 4.22. The molecule has 25 heavy (non-hydrogen) atoms. The molecular formula is C22H29NO2. The van der Waals surface area contributed by atoms with Gasteiger partial charge in [-0.25, -0.2) is 0 Å². The van der Waals surface area contributed by atoms with Crippen LogP contribution < -0.4 is 10.1 Å². The van der Waals surface area contributed by atoms with Crippen molar-refractivity contribution in [2.75, 3.05) is 6.61 Å². The molecule has 2 rings (SSSR count). The van der Waals surface area contributed by atoms with Gasteiger partial charge in [-0.1, -0.05) is 51.1 Å². The van der Waals surface area contributed by atoms with Crippen molar-refractivity contribution in [3.8, 4) is 5.75 Å². The predicted octanol–water partition coefficient (Wildman–Crippen LogP) is 4.86. The van der Waals surface area contributed by atoms with E-state index in [9.17, 15) is 4.79 Å². The Morgan fingerprint density at radius 1 is 1.04 bits per heavy atom. The van der Waals surface area contributed by atoms with Gasteiger partial charge in [-0.2, -0.15) is 0 Å². The van der Waals surface area contributed by atoms with Gasteiger partial charge in [0.15, 0.2) is 6.61 Å². The number of amides is 1. The van der Waals surface area contributed by atoms with E-state index in [-0.39, 0.29) is 24.0 Å². The summed E-state index contributed by atoms with van der Waals surface area (Å²) in [7, 11) is 0. The minimum absolute atomic E-state index is 0.0211. The first-order valence-corrected chi connectivity index (χ1v) is 8.76. The summed E-state index contributed by atoms with van der Waals surface area (Å²) in [5.74, 6) is 0.612. The highest BCUT2D eigenvalue weighted by atomic mass is 16.5. The molecule has 3 nitrogen and oxygen atoms in total. The molecule has 1 amide bonds. The number of hydrogen-bond acceptors (Lipinski definition) is 2. The lowest BCUT2D eigenvalue weighted by Crippen LogP contribution is -2.31. The van der Waals surface area contributed by atoms with Crippen molar-refractivity contribution in [1.82, 2.24) is 5.32 Å². The van der Waals surface area contributed by atoms with E-state index in [1.54, 1.807) is 0 Å². The first-order valence-electron chi connectivity index (χ1n) is 8.76. The summed E-state index contributed by atoms with van der Waals surface area (Å²) >= 11 is 0. The van der Waals surface area contributed by atoms with E-state index in [1.807, 2.05) is 32.9 Å².